The van der Waals surface area contributed by atoms with E-state index in [2.05, 4.69) is 45.5 Å². The van der Waals surface area contributed by atoms with Crippen molar-refractivity contribution in [1.29, 1.82) is 0 Å². The van der Waals surface area contributed by atoms with Gasteiger partial charge in [-0.3, -0.25) is 4.79 Å². The maximum Gasteiger partial charge on any atom is 0.220 e. The summed E-state index contributed by atoms with van der Waals surface area (Å²) >= 11 is 5.27. The van der Waals surface area contributed by atoms with Gasteiger partial charge in [-0.25, -0.2) is 0 Å². The molecule has 1 amide bonds. The van der Waals surface area contributed by atoms with Gasteiger partial charge in [0, 0.05) is 22.4 Å². The Balaban J connectivity index is 1.92. The molecule has 0 aliphatic carbocycles. The molecule has 2 rings (SSSR count). The van der Waals surface area contributed by atoms with E-state index < -0.39 is 0 Å². The van der Waals surface area contributed by atoms with Crippen LogP contribution in [0, 0.1) is 0 Å². The Hall–Kier alpha value is -0.480. The summed E-state index contributed by atoms with van der Waals surface area (Å²) in [5.41, 5.74) is 1.28. The lowest BCUT2D eigenvalue weighted by atomic mass is 10.0. The van der Waals surface area contributed by atoms with Gasteiger partial charge in [0.25, 0.3) is 0 Å². The maximum atomic E-state index is 11.9. The van der Waals surface area contributed by atoms with Gasteiger partial charge in [0.1, 0.15) is 0 Å². The molecule has 4 heteroatoms. The number of amides is 1. The molecular weight excluding hydrogens is 310 g/mol. The molecule has 0 saturated heterocycles. The first-order valence-electron chi connectivity index (χ1n) is 6.38. The maximum absolute atomic E-state index is 11.9. The Kier molecular flexibility index (Phi) is 5.57. The summed E-state index contributed by atoms with van der Waals surface area (Å²) in [6.45, 7) is 0. The monoisotopic (exact) mass is 327 g/mol. The average Bonchev–Trinajstić information content (AvgIpc) is 2.39. The van der Waals surface area contributed by atoms with E-state index in [4.69, 9.17) is 0 Å². The van der Waals surface area contributed by atoms with Gasteiger partial charge in [-0.15, -0.1) is 11.8 Å². The molecule has 0 fully saturated rings. The van der Waals surface area contributed by atoms with Crippen LogP contribution in [0.25, 0.3) is 0 Å². The summed E-state index contributed by atoms with van der Waals surface area (Å²) in [6.07, 6.45) is 3.69. The van der Waals surface area contributed by atoms with E-state index in [-0.39, 0.29) is 11.9 Å². The Bertz CT molecular complexity index is 411. The molecule has 1 aliphatic heterocycles. The molecule has 0 saturated carbocycles. The minimum Gasteiger partial charge on any atom is -0.349 e. The zero-order valence-corrected chi connectivity index (χ0v) is 12.7. The number of alkyl halides is 1. The molecule has 1 aromatic rings. The van der Waals surface area contributed by atoms with Crippen LogP contribution in [0.2, 0.25) is 0 Å². The Morgan fingerprint density at radius 1 is 1.39 bits per heavy atom. The van der Waals surface area contributed by atoms with Crippen LogP contribution >= 0.6 is 27.7 Å². The number of rotatable bonds is 5. The van der Waals surface area contributed by atoms with Gasteiger partial charge in [-0.2, -0.15) is 0 Å². The predicted octanol–water partition coefficient (Wildman–Crippen LogP) is 3.90. The van der Waals surface area contributed by atoms with Gasteiger partial charge >= 0.3 is 0 Å². The fourth-order valence-corrected chi connectivity index (χ4v) is 3.66. The second-order valence-corrected chi connectivity index (χ2v) is 6.37. The molecule has 1 N–H and O–H groups in total. The standard InChI is InChI=1S/C14H18BrNOS/c15-9-4-3-7-14(17)16-12-8-10-18-13-6-2-1-5-11(12)13/h1-2,5-6,12H,3-4,7-10H2,(H,16,17). The average molecular weight is 328 g/mol. The van der Waals surface area contributed by atoms with Crippen molar-refractivity contribution in [2.24, 2.45) is 0 Å². The van der Waals surface area contributed by atoms with Crippen molar-refractivity contribution in [2.45, 2.75) is 36.6 Å². The molecule has 0 bridgehead atoms. The van der Waals surface area contributed by atoms with E-state index in [1.165, 1.54) is 10.5 Å². The minimum atomic E-state index is 0.183. The number of carbonyl (C=O) groups excluding carboxylic acids is 1. The van der Waals surface area contributed by atoms with Crippen molar-refractivity contribution in [1.82, 2.24) is 5.32 Å². The summed E-state index contributed by atoms with van der Waals surface area (Å²) in [6, 6.07) is 8.59. The van der Waals surface area contributed by atoms with Crippen molar-refractivity contribution < 1.29 is 4.79 Å². The SMILES string of the molecule is O=C(CCCCBr)NC1CCSc2ccccc21. The van der Waals surface area contributed by atoms with Crippen LogP contribution in [0.1, 0.15) is 37.3 Å². The summed E-state index contributed by atoms with van der Waals surface area (Å²) in [5, 5.41) is 4.14. The first kappa shape index (κ1) is 13.9. The third-order valence-electron chi connectivity index (χ3n) is 3.08. The summed E-state index contributed by atoms with van der Waals surface area (Å²) < 4.78 is 0. The van der Waals surface area contributed by atoms with Crippen LogP contribution in [0.15, 0.2) is 29.2 Å². The zero-order valence-electron chi connectivity index (χ0n) is 10.3. The van der Waals surface area contributed by atoms with Crippen molar-refractivity contribution in [3.63, 3.8) is 0 Å². The highest BCUT2D eigenvalue weighted by atomic mass is 79.9. The number of thioether (sulfide) groups is 1. The number of halogens is 1. The van der Waals surface area contributed by atoms with E-state index in [0.717, 1.165) is 30.3 Å². The lowest BCUT2D eigenvalue weighted by molar-refractivity contribution is -0.122. The van der Waals surface area contributed by atoms with Crippen molar-refractivity contribution in [3.05, 3.63) is 29.8 Å². The summed E-state index contributed by atoms with van der Waals surface area (Å²) in [7, 11) is 0. The Morgan fingerprint density at radius 3 is 3.06 bits per heavy atom. The van der Waals surface area contributed by atoms with Crippen molar-refractivity contribution >= 4 is 33.6 Å². The highest BCUT2D eigenvalue weighted by Gasteiger charge is 2.21. The molecule has 1 heterocycles. The third-order valence-corrected chi connectivity index (χ3v) is 4.76. The highest BCUT2D eigenvalue weighted by Crippen LogP contribution is 2.35. The van der Waals surface area contributed by atoms with E-state index in [9.17, 15) is 4.79 Å². The number of fused-ring (bicyclic) bond motifs is 1. The molecule has 98 valence electrons. The van der Waals surface area contributed by atoms with Crippen LogP contribution in [-0.4, -0.2) is 17.0 Å². The van der Waals surface area contributed by atoms with E-state index in [1.54, 1.807) is 0 Å². The molecule has 0 spiro atoms. The second kappa shape index (κ2) is 7.19. The first-order valence-corrected chi connectivity index (χ1v) is 8.49. The second-order valence-electron chi connectivity index (χ2n) is 4.44. The predicted molar refractivity (Wildman–Crippen MR) is 80.3 cm³/mol. The van der Waals surface area contributed by atoms with Gasteiger partial charge in [0.2, 0.25) is 5.91 Å². The van der Waals surface area contributed by atoms with Gasteiger partial charge < -0.3 is 5.32 Å². The Morgan fingerprint density at radius 2 is 2.22 bits per heavy atom. The lowest BCUT2D eigenvalue weighted by Gasteiger charge is -2.25. The molecule has 18 heavy (non-hydrogen) atoms. The fourth-order valence-electron chi connectivity index (χ4n) is 2.14. The quantitative estimate of drug-likeness (QED) is 0.656. The first-order chi connectivity index (χ1) is 8.81. The van der Waals surface area contributed by atoms with Gasteiger partial charge in [0.05, 0.1) is 6.04 Å². The minimum absolute atomic E-state index is 0.183. The molecule has 1 aromatic carbocycles. The van der Waals surface area contributed by atoms with E-state index in [0.29, 0.717) is 6.42 Å². The van der Waals surface area contributed by atoms with Crippen LogP contribution in [0.4, 0.5) is 0 Å². The smallest absolute Gasteiger partial charge is 0.220 e. The number of hydrogen-bond donors (Lipinski definition) is 1. The van der Waals surface area contributed by atoms with Crippen LogP contribution in [0.3, 0.4) is 0 Å². The topological polar surface area (TPSA) is 29.1 Å². The van der Waals surface area contributed by atoms with Gasteiger partial charge in [-0.1, -0.05) is 34.1 Å². The van der Waals surface area contributed by atoms with Crippen LogP contribution in [-0.2, 0) is 4.79 Å². The fraction of sp³-hybridized carbons (Fsp3) is 0.500. The molecule has 1 atom stereocenters. The Labute approximate surface area is 121 Å². The zero-order chi connectivity index (χ0) is 12.8. The molecule has 0 radical (unpaired) electrons. The summed E-state index contributed by atoms with van der Waals surface area (Å²) in [5.74, 6) is 1.27. The molecule has 0 aromatic heterocycles. The normalized spacial score (nSPS) is 18.2. The number of carbonyl (C=O) groups is 1. The third kappa shape index (κ3) is 3.75. The number of nitrogens with one attached hydrogen (secondary N) is 1. The number of hydrogen-bond acceptors (Lipinski definition) is 2. The number of benzene rings is 1. The molecule has 2 nitrogen and oxygen atoms in total. The van der Waals surface area contributed by atoms with Crippen LogP contribution in [0.5, 0.6) is 0 Å². The lowest BCUT2D eigenvalue weighted by Crippen LogP contribution is -2.30. The molecule has 1 unspecified atom stereocenters. The molecule has 1 aliphatic rings. The number of unbranched alkanes of at least 4 members (excludes halogenated alkanes) is 1. The largest absolute Gasteiger partial charge is 0.349 e. The molecular formula is C14H18BrNOS. The van der Waals surface area contributed by atoms with Gasteiger partial charge in [-0.05, 0) is 30.9 Å². The van der Waals surface area contributed by atoms with Crippen molar-refractivity contribution in [2.75, 3.05) is 11.1 Å². The van der Waals surface area contributed by atoms with Crippen molar-refractivity contribution in [3.8, 4) is 0 Å². The highest BCUT2D eigenvalue weighted by molar-refractivity contribution is 9.09. The van der Waals surface area contributed by atoms with E-state index >= 15 is 0 Å². The summed E-state index contributed by atoms with van der Waals surface area (Å²) in [4.78, 5) is 13.2. The van der Waals surface area contributed by atoms with Gasteiger partial charge in [0.15, 0.2) is 0 Å². The van der Waals surface area contributed by atoms with E-state index in [1.807, 2.05) is 11.8 Å². The van der Waals surface area contributed by atoms with Crippen LogP contribution < -0.4 is 5.32 Å².